The molecule has 0 atom stereocenters. The first-order chi connectivity index (χ1) is 8.69. The van der Waals surface area contributed by atoms with Crippen LogP contribution in [-0.2, 0) is 6.54 Å². The third kappa shape index (κ3) is 4.70. The van der Waals surface area contributed by atoms with Crippen molar-refractivity contribution in [2.24, 2.45) is 0 Å². The van der Waals surface area contributed by atoms with E-state index in [0.29, 0.717) is 17.3 Å². The van der Waals surface area contributed by atoms with Crippen LogP contribution in [0.4, 0.5) is 0 Å². The van der Waals surface area contributed by atoms with Gasteiger partial charge in [0.05, 0.1) is 5.02 Å². The molecule has 0 aliphatic rings. The van der Waals surface area contributed by atoms with E-state index < -0.39 is 0 Å². The number of nitrogens with zero attached hydrogens (tertiary/aromatic N) is 1. The number of halogens is 1. The van der Waals surface area contributed by atoms with Gasteiger partial charge >= 0.3 is 0 Å². The zero-order valence-electron chi connectivity index (χ0n) is 11.1. The van der Waals surface area contributed by atoms with Gasteiger partial charge in [-0.25, -0.2) is 0 Å². The first-order valence-corrected chi connectivity index (χ1v) is 6.91. The molecule has 1 aromatic heterocycles. The van der Waals surface area contributed by atoms with E-state index in [0.717, 1.165) is 32.5 Å². The number of carbonyl (C=O) groups is 1. The Morgan fingerprint density at radius 1 is 1.28 bits per heavy atom. The van der Waals surface area contributed by atoms with Gasteiger partial charge in [-0.15, -0.1) is 0 Å². The molecule has 2 N–H and O–H groups in total. The van der Waals surface area contributed by atoms with E-state index in [1.807, 2.05) is 4.57 Å². The van der Waals surface area contributed by atoms with E-state index in [1.165, 1.54) is 0 Å². The number of hydrogen-bond donors (Lipinski definition) is 2. The molecular formula is C13H22ClN3O. The van der Waals surface area contributed by atoms with Gasteiger partial charge in [0.2, 0.25) is 0 Å². The molecule has 5 heteroatoms. The highest BCUT2D eigenvalue weighted by Crippen LogP contribution is 2.14. The summed E-state index contributed by atoms with van der Waals surface area (Å²) >= 11 is 5.93. The Morgan fingerprint density at radius 3 is 2.72 bits per heavy atom. The molecule has 102 valence electrons. The molecule has 0 aromatic carbocycles. The maximum Gasteiger partial charge on any atom is 0.268 e. The van der Waals surface area contributed by atoms with Crippen LogP contribution in [0.15, 0.2) is 12.3 Å². The van der Waals surface area contributed by atoms with Gasteiger partial charge in [0.1, 0.15) is 5.69 Å². The predicted molar refractivity (Wildman–Crippen MR) is 75.2 cm³/mol. The topological polar surface area (TPSA) is 46.1 Å². The molecule has 0 unspecified atom stereocenters. The fraction of sp³-hybridized carbons (Fsp3) is 0.615. The van der Waals surface area contributed by atoms with Crippen molar-refractivity contribution in [3.05, 3.63) is 23.0 Å². The lowest BCUT2D eigenvalue weighted by Gasteiger charge is -2.09. The first kappa shape index (κ1) is 15.1. The van der Waals surface area contributed by atoms with E-state index in [1.54, 1.807) is 12.3 Å². The second-order valence-electron chi connectivity index (χ2n) is 4.24. The first-order valence-electron chi connectivity index (χ1n) is 6.53. The summed E-state index contributed by atoms with van der Waals surface area (Å²) in [5.74, 6) is -0.0614. The van der Waals surface area contributed by atoms with Crippen molar-refractivity contribution in [1.29, 1.82) is 0 Å². The van der Waals surface area contributed by atoms with Crippen LogP contribution in [0.1, 0.15) is 37.2 Å². The van der Waals surface area contributed by atoms with Crippen molar-refractivity contribution in [2.75, 3.05) is 19.6 Å². The van der Waals surface area contributed by atoms with Crippen LogP contribution in [0.3, 0.4) is 0 Å². The van der Waals surface area contributed by atoms with Crippen LogP contribution in [0, 0.1) is 0 Å². The average molecular weight is 272 g/mol. The smallest absolute Gasteiger partial charge is 0.268 e. The quantitative estimate of drug-likeness (QED) is 0.713. The minimum absolute atomic E-state index is 0.0614. The van der Waals surface area contributed by atoms with Crippen LogP contribution in [0.2, 0.25) is 5.02 Å². The van der Waals surface area contributed by atoms with Gasteiger partial charge in [-0.05, 0) is 25.5 Å². The Morgan fingerprint density at radius 2 is 2.06 bits per heavy atom. The summed E-state index contributed by atoms with van der Waals surface area (Å²) in [4.78, 5) is 12.0. The van der Waals surface area contributed by atoms with E-state index in [2.05, 4.69) is 24.5 Å². The second kappa shape index (κ2) is 8.16. The van der Waals surface area contributed by atoms with Gasteiger partial charge in [-0.2, -0.15) is 0 Å². The summed E-state index contributed by atoms with van der Waals surface area (Å²) in [6.45, 7) is 7.41. The molecule has 0 aliphatic carbocycles. The lowest BCUT2D eigenvalue weighted by atomic mass is 10.3. The Bertz CT molecular complexity index is 376. The SMILES string of the molecule is CCCNCCNC(=O)c1cc(Cl)cn1CCC. The number of carbonyl (C=O) groups excluding carboxylic acids is 1. The van der Waals surface area contributed by atoms with E-state index in [4.69, 9.17) is 11.6 Å². The number of nitrogens with one attached hydrogen (secondary N) is 2. The largest absolute Gasteiger partial charge is 0.349 e. The number of hydrogen-bond acceptors (Lipinski definition) is 2. The third-order valence-electron chi connectivity index (χ3n) is 2.57. The molecular weight excluding hydrogens is 250 g/mol. The van der Waals surface area contributed by atoms with Crippen molar-refractivity contribution in [2.45, 2.75) is 33.2 Å². The zero-order valence-corrected chi connectivity index (χ0v) is 11.9. The Kier molecular flexibility index (Phi) is 6.83. The summed E-state index contributed by atoms with van der Waals surface area (Å²) in [6.07, 6.45) is 3.88. The van der Waals surface area contributed by atoms with Crippen LogP contribution >= 0.6 is 11.6 Å². The van der Waals surface area contributed by atoms with E-state index in [9.17, 15) is 4.79 Å². The van der Waals surface area contributed by atoms with Gasteiger partial charge in [-0.3, -0.25) is 4.79 Å². The highest BCUT2D eigenvalue weighted by atomic mass is 35.5. The molecule has 0 bridgehead atoms. The van der Waals surface area contributed by atoms with Crippen LogP contribution < -0.4 is 10.6 Å². The molecule has 1 heterocycles. The summed E-state index contributed by atoms with van der Waals surface area (Å²) in [5, 5.41) is 6.74. The summed E-state index contributed by atoms with van der Waals surface area (Å²) in [5.41, 5.74) is 0.636. The number of amides is 1. The molecule has 1 amide bonds. The standard InChI is InChI=1S/C13H22ClN3O/c1-3-5-15-6-7-16-13(18)12-9-11(14)10-17(12)8-4-2/h9-10,15H,3-8H2,1-2H3,(H,16,18). The molecule has 0 saturated carbocycles. The average Bonchev–Trinajstić information content (AvgIpc) is 2.70. The Labute approximate surface area is 114 Å². The fourth-order valence-corrected chi connectivity index (χ4v) is 1.97. The highest BCUT2D eigenvalue weighted by Gasteiger charge is 2.11. The molecule has 18 heavy (non-hydrogen) atoms. The Hall–Kier alpha value is -1.00. The number of aromatic nitrogens is 1. The highest BCUT2D eigenvalue weighted by molar-refractivity contribution is 6.31. The zero-order chi connectivity index (χ0) is 13.4. The maximum absolute atomic E-state index is 12.0. The van der Waals surface area contributed by atoms with E-state index >= 15 is 0 Å². The van der Waals surface area contributed by atoms with Crippen LogP contribution in [0.25, 0.3) is 0 Å². The Balaban J connectivity index is 2.45. The molecule has 0 fully saturated rings. The van der Waals surface area contributed by atoms with Gasteiger partial charge < -0.3 is 15.2 Å². The van der Waals surface area contributed by atoms with Gasteiger partial charge in [-0.1, -0.05) is 25.4 Å². The van der Waals surface area contributed by atoms with Crippen molar-refractivity contribution < 1.29 is 4.79 Å². The minimum atomic E-state index is -0.0614. The number of rotatable bonds is 8. The molecule has 1 aromatic rings. The van der Waals surface area contributed by atoms with Gasteiger partial charge in [0, 0.05) is 25.8 Å². The van der Waals surface area contributed by atoms with Crippen LogP contribution in [0.5, 0.6) is 0 Å². The monoisotopic (exact) mass is 271 g/mol. The van der Waals surface area contributed by atoms with Gasteiger partial charge in [0.15, 0.2) is 0 Å². The molecule has 0 spiro atoms. The fourth-order valence-electron chi connectivity index (χ4n) is 1.75. The molecule has 0 aliphatic heterocycles. The maximum atomic E-state index is 12.0. The second-order valence-corrected chi connectivity index (χ2v) is 4.68. The third-order valence-corrected chi connectivity index (χ3v) is 2.78. The van der Waals surface area contributed by atoms with Crippen molar-refractivity contribution in [1.82, 2.24) is 15.2 Å². The van der Waals surface area contributed by atoms with Gasteiger partial charge in [0.25, 0.3) is 5.91 Å². The van der Waals surface area contributed by atoms with Crippen molar-refractivity contribution in [3.63, 3.8) is 0 Å². The normalized spacial score (nSPS) is 10.6. The molecule has 1 rings (SSSR count). The van der Waals surface area contributed by atoms with E-state index in [-0.39, 0.29) is 5.91 Å². The predicted octanol–water partition coefficient (Wildman–Crippen LogP) is 2.28. The lowest BCUT2D eigenvalue weighted by molar-refractivity contribution is 0.0944. The summed E-state index contributed by atoms with van der Waals surface area (Å²) < 4.78 is 1.90. The van der Waals surface area contributed by atoms with Crippen molar-refractivity contribution in [3.8, 4) is 0 Å². The molecule has 4 nitrogen and oxygen atoms in total. The lowest BCUT2D eigenvalue weighted by Crippen LogP contribution is -2.33. The number of aryl methyl sites for hydroxylation is 1. The molecule has 0 saturated heterocycles. The van der Waals surface area contributed by atoms with Crippen LogP contribution in [-0.4, -0.2) is 30.1 Å². The molecule has 0 radical (unpaired) electrons. The van der Waals surface area contributed by atoms with Crippen molar-refractivity contribution >= 4 is 17.5 Å². The summed E-state index contributed by atoms with van der Waals surface area (Å²) in [6, 6.07) is 1.71. The minimum Gasteiger partial charge on any atom is -0.349 e. The summed E-state index contributed by atoms with van der Waals surface area (Å²) in [7, 11) is 0.